The molecule has 1 aliphatic heterocycles. The van der Waals surface area contributed by atoms with E-state index in [0.717, 1.165) is 12.0 Å². The van der Waals surface area contributed by atoms with E-state index in [1.165, 1.54) is 0 Å². The van der Waals surface area contributed by atoms with Gasteiger partial charge in [-0.1, -0.05) is 37.3 Å². The van der Waals surface area contributed by atoms with Gasteiger partial charge in [-0.15, -0.1) is 0 Å². The third-order valence-corrected chi connectivity index (χ3v) is 4.44. The van der Waals surface area contributed by atoms with Crippen LogP contribution in [0.3, 0.4) is 0 Å². The molecule has 1 saturated carbocycles. The number of ether oxygens (including phenoxy) is 1. The molecular weight excluding hydrogens is 226 g/mol. The molecule has 1 saturated heterocycles. The lowest BCUT2D eigenvalue weighted by Gasteiger charge is -2.42. The van der Waals surface area contributed by atoms with Crippen LogP contribution in [0.4, 0.5) is 0 Å². The lowest BCUT2D eigenvalue weighted by atomic mass is 9.98. The summed E-state index contributed by atoms with van der Waals surface area (Å²) in [4.78, 5) is 14.2. The summed E-state index contributed by atoms with van der Waals surface area (Å²) in [6.07, 6.45) is 0.838. The Labute approximate surface area is 108 Å². The maximum Gasteiger partial charge on any atom is 0.255 e. The van der Waals surface area contributed by atoms with Gasteiger partial charge in [0.05, 0.1) is 6.04 Å². The molecule has 0 aromatic heterocycles. The van der Waals surface area contributed by atoms with Gasteiger partial charge in [-0.2, -0.15) is 0 Å². The molecule has 2 aliphatic rings. The summed E-state index contributed by atoms with van der Waals surface area (Å²) in [5.74, 6) is 0.487. The molecular formula is C15H19NO2. The number of hydrogen-bond donors (Lipinski definition) is 0. The van der Waals surface area contributed by atoms with Gasteiger partial charge in [-0.3, -0.25) is 4.79 Å². The maximum atomic E-state index is 12.3. The zero-order valence-electron chi connectivity index (χ0n) is 11.1. The molecule has 4 atom stereocenters. The van der Waals surface area contributed by atoms with E-state index in [0.29, 0.717) is 5.92 Å². The number of morpholine rings is 1. The lowest BCUT2D eigenvalue weighted by molar-refractivity contribution is -0.177. The van der Waals surface area contributed by atoms with Crippen molar-refractivity contribution in [2.45, 2.75) is 38.0 Å². The van der Waals surface area contributed by atoms with Gasteiger partial charge >= 0.3 is 0 Å². The summed E-state index contributed by atoms with van der Waals surface area (Å²) in [5, 5.41) is 0. The maximum absolute atomic E-state index is 12.3. The van der Waals surface area contributed by atoms with E-state index >= 15 is 0 Å². The van der Waals surface area contributed by atoms with Gasteiger partial charge < -0.3 is 9.64 Å². The van der Waals surface area contributed by atoms with Crippen LogP contribution in [0.25, 0.3) is 0 Å². The van der Waals surface area contributed by atoms with Crippen LogP contribution in [-0.4, -0.2) is 29.5 Å². The number of rotatable bonds is 1. The molecule has 1 amide bonds. The highest BCUT2D eigenvalue weighted by atomic mass is 16.5. The molecule has 1 aromatic carbocycles. The molecule has 96 valence electrons. The average Bonchev–Trinajstić information content (AvgIpc) is 3.04. The molecule has 0 radical (unpaired) electrons. The van der Waals surface area contributed by atoms with Crippen LogP contribution in [0.2, 0.25) is 0 Å². The largest absolute Gasteiger partial charge is 0.355 e. The summed E-state index contributed by atoms with van der Waals surface area (Å²) < 4.78 is 6.19. The van der Waals surface area contributed by atoms with Gasteiger partial charge in [0.2, 0.25) is 0 Å². The predicted octanol–water partition coefficient (Wildman–Crippen LogP) is 2.38. The topological polar surface area (TPSA) is 29.5 Å². The normalized spacial score (nSPS) is 39.2. The van der Waals surface area contributed by atoms with E-state index in [2.05, 4.69) is 26.0 Å². The van der Waals surface area contributed by atoms with Gasteiger partial charge in [0.15, 0.2) is 5.60 Å². The minimum atomic E-state index is -0.540. The molecule has 1 aromatic rings. The molecule has 1 heterocycles. The Morgan fingerprint density at radius 2 is 1.89 bits per heavy atom. The highest BCUT2D eigenvalue weighted by Crippen LogP contribution is 2.53. The van der Waals surface area contributed by atoms with Crippen LogP contribution in [0, 0.1) is 5.92 Å². The first-order valence-corrected chi connectivity index (χ1v) is 6.56. The van der Waals surface area contributed by atoms with Crippen molar-refractivity contribution in [3.8, 4) is 0 Å². The Morgan fingerprint density at radius 3 is 2.44 bits per heavy atom. The Bertz CT molecular complexity index is 473. The van der Waals surface area contributed by atoms with Crippen molar-refractivity contribution in [2.75, 3.05) is 7.05 Å². The van der Waals surface area contributed by atoms with E-state index in [1.807, 2.05) is 30.1 Å². The second-order valence-corrected chi connectivity index (χ2v) is 5.60. The minimum absolute atomic E-state index is 0.0150. The molecule has 3 heteroatoms. The SMILES string of the molecule is C[C@@H]1C[C@]12O[C@H](c1ccccc1)[C@H](C)N(C)C2=O. The highest BCUT2D eigenvalue weighted by Gasteiger charge is 2.64. The standard InChI is InChI=1S/C15H19NO2/c1-10-9-15(10)14(17)16(3)11(2)13(18-15)12-7-5-4-6-8-12/h4-8,10-11,13H,9H2,1-3H3/t10-,11+,13+,15+/m1/s1. The highest BCUT2D eigenvalue weighted by molar-refractivity contribution is 5.89. The van der Waals surface area contributed by atoms with Crippen molar-refractivity contribution in [2.24, 2.45) is 5.92 Å². The first kappa shape index (κ1) is 11.7. The molecule has 0 N–H and O–H groups in total. The second-order valence-electron chi connectivity index (χ2n) is 5.60. The Kier molecular flexibility index (Phi) is 2.49. The van der Waals surface area contributed by atoms with Gasteiger partial charge in [-0.25, -0.2) is 0 Å². The lowest BCUT2D eigenvalue weighted by Crippen LogP contribution is -2.54. The van der Waals surface area contributed by atoms with Crippen LogP contribution < -0.4 is 0 Å². The minimum Gasteiger partial charge on any atom is -0.355 e. The van der Waals surface area contributed by atoms with Crippen molar-refractivity contribution in [1.29, 1.82) is 0 Å². The number of amides is 1. The Hall–Kier alpha value is -1.35. The van der Waals surface area contributed by atoms with E-state index < -0.39 is 5.60 Å². The third kappa shape index (κ3) is 1.50. The monoisotopic (exact) mass is 245 g/mol. The summed E-state index contributed by atoms with van der Waals surface area (Å²) >= 11 is 0. The molecule has 3 rings (SSSR count). The zero-order valence-corrected chi connectivity index (χ0v) is 11.1. The van der Waals surface area contributed by atoms with Crippen molar-refractivity contribution in [3.05, 3.63) is 35.9 Å². The van der Waals surface area contributed by atoms with Crippen LogP contribution in [0.1, 0.15) is 31.9 Å². The van der Waals surface area contributed by atoms with Gasteiger partial charge in [-0.05, 0) is 24.8 Å². The van der Waals surface area contributed by atoms with Crippen molar-refractivity contribution in [3.63, 3.8) is 0 Å². The van der Waals surface area contributed by atoms with Crippen LogP contribution in [-0.2, 0) is 9.53 Å². The number of carbonyl (C=O) groups excluding carboxylic acids is 1. The number of likely N-dealkylation sites (N-methyl/N-ethyl adjacent to an activating group) is 1. The van der Waals surface area contributed by atoms with E-state index in [-0.39, 0.29) is 18.1 Å². The van der Waals surface area contributed by atoms with Crippen molar-refractivity contribution >= 4 is 5.91 Å². The number of hydrogen-bond acceptors (Lipinski definition) is 2. The molecule has 1 aliphatic carbocycles. The van der Waals surface area contributed by atoms with Crippen molar-refractivity contribution < 1.29 is 9.53 Å². The average molecular weight is 245 g/mol. The molecule has 0 unspecified atom stereocenters. The summed E-state index contributed by atoms with van der Waals surface area (Å²) in [5.41, 5.74) is 0.615. The fraction of sp³-hybridized carbons (Fsp3) is 0.533. The van der Waals surface area contributed by atoms with E-state index in [1.54, 1.807) is 0 Å². The molecule has 18 heavy (non-hydrogen) atoms. The second kappa shape index (κ2) is 3.82. The van der Waals surface area contributed by atoms with Gasteiger partial charge in [0, 0.05) is 7.05 Å². The molecule has 1 spiro atoms. The fourth-order valence-electron chi connectivity index (χ4n) is 2.91. The molecule has 2 fully saturated rings. The first-order valence-electron chi connectivity index (χ1n) is 6.56. The number of carbonyl (C=O) groups is 1. The number of benzene rings is 1. The van der Waals surface area contributed by atoms with Crippen LogP contribution >= 0.6 is 0 Å². The Balaban J connectivity index is 1.94. The summed E-state index contributed by atoms with van der Waals surface area (Å²) in [6, 6.07) is 10.3. The predicted molar refractivity (Wildman–Crippen MR) is 69.0 cm³/mol. The van der Waals surface area contributed by atoms with Crippen LogP contribution in [0.15, 0.2) is 30.3 Å². The molecule has 3 nitrogen and oxygen atoms in total. The smallest absolute Gasteiger partial charge is 0.255 e. The van der Waals surface area contributed by atoms with E-state index in [4.69, 9.17) is 4.74 Å². The van der Waals surface area contributed by atoms with Gasteiger partial charge in [0.25, 0.3) is 5.91 Å². The Morgan fingerprint density at radius 1 is 1.28 bits per heavy atom. The summed E-state index contributed by atoms with van der Waals surface area (Å²) in [7, 11) is 1.89. The molecule has 0 bridgehead atoms. The van der Waals surface area contributed by atoms with Crippen molar-refractivity contribution in [1.82, 2.24) is 4.90 Å². The summed E-state index contributed by atoms with van der Waals surface area (Å²) in [6.45, 7) is 4.14. The quantitative estimate of drug-likeness (QED) is 0.760. The number of nitrogens with zero attached hydrogens (tertiary/aromatic N) is 1. The van der Waals surface area contributed by atoms with Gasteiger partial charge in [0.1, 0.15) is 6.10 Å². The van der Waals surface area contributed by atoms with E-state index in [9.17, 15) is 4.79 Å². The van der Waals surface area contributed by atoms with Crippen LogP contribution in [0.5, 0.6) is 0 Å². The first-order chi connectivity index (χ1) is 8.56. The third-order valence-electron chi connectivity index (χ3n) is 4.44. The fourth-order valence-corrected chi connectivity index (χ4v) is 2.91. The zero-order chi connectivity index (χ0) is 12.9.